The number of para-hydroxylation sites is 1. The van der Waals surface area contributed by atoms with Crippen LogP contribution in [0.5, 0.6) is 0 Å². The van der Waals surface area contributed by atoms with Crippen molar-refractivity contribution in [3.05, 3.63) is 27.1 Å². The molecular formula is C10H10Br2N2. The van der Waals surface area contributed by atoms with Crippen molar-refractivity contribution >= 4 is 43.4 Å². The molecule has 0 bridgehead atoms. The molecule has 1 aliphatic carbocycles. The van der Waals surface area contributed by atoms with Gasteiger partial charge < -0.3 is 5.73 Å². The minimum Gasteiger partial charge on any atom is -0.387 e. The van der Waals surface area contributed by atoms with Crippen LogP contribution in [0.15, 0.2) is 32.1 Å². The lowest BCUT2D eigenvalue weighted by Crippen LogP contribution is -2.13. The van der Waals surface area contributed by atoms with Gasteiger partial charge in [0.25, 0.3) is 0 Å². The van der Waals surface area contributed by atoms with Gasteiger partial charge in [-0.25, -0.2) is 4.99 Å². The molecule has 1 aliphatic rings. The highest BCUT2D eigenvalue weighted by molar-refractivity contribution is 9.11. The first-order chi connectivity index (χ1) is 6.68. The molecule has 0 radical (unpaired) electrons. The second kappa shape index (κ2) is 4.03. The highest BCUT2D eigenvalue weighted by Crippen LogP contribution is 2.36. The van der Waals surface area contributed by atoms with E-state index in [4.69, 9.17) is 5.73 Å². The van der Waals surface area contributed by atoms with Gasteiger partial charge in [0.05, 0.1) is 5.69 Å². The first kappa shape index (κ1) is 10.2. The number of aliphatic imine (C=N–C) groups is 1. The summed E-state index contributed by atoms with van der Waals surface area (Å²) in [4.78, 5) is 4.42. The Hall–Kier alpha value is -0.350. The van der Waals surface area contributed by atoms with E-state index in [2.05, 4.69) is 36.9 Å². The Kier molecular flexibility index (Phi) is 2.93. The summed E-state index contributed by atoms with van der Waals surface area (Å²) in [6, 6.07) is 5.88. The van der Waals surface area contributed by atoms with Crippen molar-refractivity contribution in [2.45, 2.75) is 12.8 Å². The number of halogens is 2. The fraction of sp³-hybridized carbons (Fsp3) is 0.300. The molecule has 1 saturated carbocycles. The molecule has 0 atom stereocenters. The van der Waals surface area contributed by atoms with E-state index in [1.807, 2.05) is 18.2 Å². The van der Waals surface area contributed by atoms with E-state index in [9.17, 15) is 0 Å². The molecule has 0 amide bonds. The number of hydrogen-bond donors (Lipinski definition) is 1. The molecule has 0 aliphatic heterocycles. The van der Waals surface area contributed by atoms with Crippen LogP contribution in [0.2, 0.25) is 0 Å². The van der Waals surface area contributed by atoms with E-state index >= 15 is 0 Å². The van der Waals surface area contributed by atoms with E-state index in [1.54, 1.807) is 0 Å². The third-order valence-corrected chi connectivity index (χ3v) is 3.45. The molecule has 0 heterocycles. The van der Waals surface area contributed by atoms with E-state index in [0.29, 0.717) is 5.92 Å². The molecule has 2 rings (SSSR count). The van der Waals surface area contributed by atoms with Gasteiger partial charge in [-0.3, -0.25) is 0 Å². The topological polar surface area (TPSA) is 38.4 Å². The zero-order valence-electron chi connectivity index (χ0n) is 7.50. The predicted molar refractivity (Wildman–Crippen MR) is 65.8 cm³/mol. The van der Waals surface area contributed by atoms with Crippen molar-refractivity contribution in [2.75, 3.05) is 0 Å². The van der Waals surface area contributed by atoms with Crippen LogP contribution in [0.3, 0.4) is 0 Å². The van der Waals surface area contributed by atoms with Crippen LogP contribution in [-0.2, 0) is 0 Å². The number of benzene rings is 1. The smallest absolute Gasteiger partial charge is 0.103 e. The molecule has 2 nitrogen and oxygen atoms in total. The molecule has 1 aromatic rings. The van der Waals surface area contributed by atoms with Crippen molar-refractivity contribution < 1.29 is 0 Å². The Morgan fingerprint density at radius 2 is 1.86 bits per heavy atom. The highest BCUT2D eigenvalue weighted by Gasteiger charge is 2.25. The van der Waals surface area contributed by atoms with Gasteiger partial charge in [-0.15, -0.1) is 0 Å². The van der Waals surface area contributed by atoms with Gasteiger partial charge in [-0.05, 0) is 56.8 Å². The summed E-state index contributed by atoms with van der Waals surface area (Å²) in [7, 11) is 0. The Balaban J connectivity index is 2.35. The number of rotatable bonds is 2. The quantitative estimate of drug-likeness (QED) is 0.656. The maximum Gasteiger partial charge on any atom is 0.103 e. The first-order valence-corrected chi connectivity index (χ1v) is 6.05. The number of hydrogen-bond acceptors (Lipinski definition) is 1. The van der Waals surface area contributed by atoms with Crippen LogP contribution < -0.4 is 5.73 Å². The molecule has 0 spiro atoms. The second-order valence-electron chi connectivity index (χ2n) is 3.38. The number of nitrogens with zero attached hydrogens (tertiary/aromatic N) is 1. The number of amidine groups is 1. The van der Waals surface area contributed by atoms with Crippen LogP contribution in [0, 0.1) is 5.92 Å². The van der Waals surface area contributed by atoms with Gasteiger partial charge in [0, 0.05) is 14.9 Å². The van der Waals surface area contributed by atoms with Crippen LogP contribution in [-0.4, -0.2) is 5.84 Å². The minimum absolute atomic E-state index is 0.508. The van der Waals surface area contributed by atoms with Crippen LogP contribution in [0.4, 0.5) is 5.69 Å². The van der Waals surface area contributed by atoms with Crippen molar-refractivity contribution in [1.29, 1.82) is 0 Å². The van der Waals surface area contributed by atoms with Crippen LogP contribution >= 0.6 is 31.9 Å². The fourth-order valence-electron chi connectivity index (χ4n) is 1.20. The molecular weight excluding hydrogens is 308 g/mol. The SMILES string of the molecule is NC(=Nc1c(Br)cccc1Br)C1CC1. The normalized spacial score (nSPS) is 17.1. The summed E-state index contributed by atoms with van der Waals surface area (Å²) in [6.07, 6.45) is 2.36. The third-order valence-electron chi connectivity index (χ3n) is 2.17. The average molecular weight is 318 g/mol. The van der Waals surface area contributed by atoms with Crippen LogP contribution in [0.25, 0.3) is 0 Å². The standard InChI is InChI=1S/C10H10Br2N2/c11-7-2-1-3-8(12)9(7)14-10(13)6-4-5-6/h1-3,6H,4-5H2,(H2,13,14). The van der Waals surface area contributed by atoms with Gasteiger partial charge in [-0.1, -0.05) is 6.07 Å². The molecule has 0 aromatic heterocycles. The van der Waals surface area contributed by atoms with Gasteiger partial charge in [0.1, 0.15) is 5.84 Å². The predicted octanol–water partition coefficient (Wildman–Crippen LogP) is 3.61. The second-order valence-corrected chi connectivity index (χ2v) is 5.09. The van der Waals surface area contributed by atoms with Crippen molar-refractivity contribution in [2.24, 2.45) is 16.6 Å². The van der Waals surface area contributed by atoms with Gasteiger partial charge >= 0.3 is 0 Å². The fourth-order valence-corrected chi connectivity index (χ4v) is 2.37. The monoisotopic (exact) mass is 316 g/mol. The molecule has 4 heteroatoms. The molecule has 14 heavy (non-hydrogen) atoms. The van der Waals surface area contributed by atoms with Crippen molar-refractivity contribution in [1.82, 2.24) is 0 Å². The Morgan fingerprint density at radius 3 is 2.36 bits per heavy atom. The molecule has 0 saturated heterocycles. The summed E-state index contributed by atoms with van der Waals surface area (Å²) in [5.74, 6) is 1.26. The zero-order valence-corrected chi connectivity index (χ0v) is 10.7. The molecule has 74 valence electrons. The van der Waals surface area contributed by atoms with E-state index in [0.717, 1.165) is 20.5 Å². The lowest BCUT2D eigenvalue weighted by molar-refractivity contribution is 1.15. The van der Waals surface area contributed by atoms with Gasteiger partial charge in [0.15, 0.2) is 0 Å². The third kappa shape index (κ3) is 2.17. The Morgan fingerprint density at radius 1 is 1.29 bits per heavy atom. The van der Waals surface area contributed by atoms with E-state index in [1.165, 1.54) is 12.8 Å². The lowest BCUT2D eigenvalue weighted by Gasteiger charge is -2.03. The summed E-state index contributed by atoms with van der Waals surface area (Å²) in [6.45, 7) is 0. The summed E-state index contributed by atoms with van der Waals surface area (Å²) < 4.78 is 1.94. The summed E-state index contributed by atoms with van der Waals surface area (Å²) in [5.41, 5.74) is 6.74. The van der Waals surface area contributed by atoms with Gasteiger partial charge in [0.2, 0.25) is 0 Å². The zero-order chi connectivity index (χ0) is 10.1. The molecule has 1 aromatic carbocycles. The largest absolute Gasteiger partial charge is 0.387 e. The minimum atomic E-state index is 0.508. The van der Waals surface area contributed by atoms with E-state index < -0.39 is 0 Å². The van der Waals surface area contributed by atoms with E-state index in [-0.39, 0.29) is 0 Å². The van der Waals surface area contributed by atoms with Gasteiger partial charge in [-0.2, -0.15) is 0 Å². The summed E-state index contributed by atoms with van der Waals surface area (Å²) in [5, 5.41) is 0. The first-order valence-electron chi connectivity index (χ1n) is 4.46. The lowest BCUT2D eigenvalue weighted by atomic mass is 10.3. The molecule has 2 N–H and O–H groups in total. The summed E-state index contributed by atoms with van der Waals surface area (Å²) >= 11 is 6.90. The highest BCUT2D eigenvalue weighted by atomic mass is 79.9. The Bertz CT molecular complexity index is 363. The molecule has 0 unspecified atom stereocenters. The molecule has 1 fully saturated rings. The number of nitrogens with two attached hydrogens (primary N) is 1. The maximum absolute atomic E-state index is 5.86. The maximum atomic E-state index is 5.86. The van der Waals surface area contributed by atoms with Crippen molar-refractivity contribution in [3.63, 3.8) is 0 Å². The Labute approximate surface area is 99.9 Å². The van der Waals surface area contributed by atoms with Crippen LogP contribution in [0.1, 0.15) is 12.8 Å². The average Bonchev–Trinajstić information content (AvgIpc) is 2.94. The van der Waals surface area contributed by atoms with Crippen molar-refractivity contribution in [3.8, 4) is 0 Å².